The number of urea groups is 1. The van der Waals surface area contributed by atoms with Gasteiger partial charge in [0.25, 0.3) is 0 Å². The van der Waals surface area contributed by atoms with Crippen LogP contribution in [0.3, 0.4) is 0 Å². The first-order valence-electron chi connectivity index (χ1n) is 4.18. The van der Waals surface area contributed by atoms with Crippen LogP contribution in [0.15, 0.2) is 18.5 Å². The third-order valence-electron chi connectivity index (χ3n) is 1.62. The minimum absolute atomic E-state index is 0.0693. The van der Waals surface area contributed by atoms with E-state index in [9.17, 15) is 4.79 Å². The molecule has 1 rings (SSSR count). The van der Waals surface area contributed by atoms with Gasteiger partial charge in [0.1, 0.15) is 0 Å². The molecule has 13 heavy (non-hydrogen) atoms. The van der Waals surface area contributed by atoms with Crippen molar-refractivity contribution >= 4 is 6.03 Å². The first-order valence-corrected chi connectivity index (χ1v) is 4.18. The number of hydrogen-bond acceptors (Lipinski definition) is 2. The molecular formula is C8H14N4O. The zero-order valence-electron chi connectivity index (χ0n) is 7.82. The largest absolute Gasteiger partial charge is 0.341 e. The maximum atomic E-state index is 10.9. The summed E-state index contributed by atoms with van der Waals surface area (Å²) in [7, 11) is 1.59. The fraction of sp³-hybridized carbons (Fsp3) is 0.500. The predicted molar refractivity (Wildman–Crippen MR) is 49.3 cm³/mol. The fourth-order valence-corrected chi connectivity index (χ4v) is 1.03. The molecule has 72 valence electrons. The zero-order valence-corrected chi connectivity index (χ0v) is 7.82. The van der Waals surface area contributed by atoms with Crippen LogP contribution >= 0.6 is 0 Å². The number of nitrogens with zero attached hydrogens (tertiary/aromatic N) is 2. The van der Waals surface area contributed by atoms with Crippen LogP contribution in [0.5, 0.6) is 0 Å². The first kappa shape index (κ1) is 9.57. The van der Waals surface area contributed by atoms with E-state index in [4.69, 9.17) is 0 Å². The molecule has 0 fully saturated rings. The first-order chi connectivity index (χ1) is 6.22. The summed E-state index contributed by atoms with van der Waals surface area (Å²) in [6.45, 7) is 2.61. The third kappa shape index (κ3) is 3.14. The van der Waals surface area contributed by atoms with Crippen molar-refractivity contribution in [3.63, 3.8) is 0 Å². The molecule has 0 aliphatic rings. The molecule has 1 aromatic heterocycles. The van der Waals surface area contributed by atoms with E-state index in [1.807, 2.05) is 19.2 Å². The van der Waals surface area contributed by atoms with Crippen LogP contribution in [0.4, 0.5) is 4.79 Å². The summed E-state index contributed by atoms with van der Waals surface area (Å²) >= 11 is 0. The lowest BCUT2D eigenvalue weighted by molar-refractivity contribution is 0.238. The lowest BCUT2D eigenvalue weighted by atomic mass is 10.3. The van der Waals surface area contributed by atoms with Gasteiger partial charge in [-0.1, -0.05) is 0 Å². The minimum atomic E-state index is -0.167. The molecule has 0 aromatic carbocycles. The van der Waals surface area contributed by atoms with Gasteiger partial charge in [0.15, 0.2) is 0 Å². The van der Waals surface area contributed by atoms with Crippen molar-refractivity contribution < 1.29 is 4.79 Å². The second kappa shape index (κ2) is 4.49. The summed E-state index contributed by atoms with van der Waals surface area (Å²) in [6, 6.07) is 1.76. The van der Waals surface area contributed by atoms with Crippen LogP contribution in [0.1, 0.15) is 6.92 Å². The Morgan fingerprint density at radius 3 is 3.00 bits per heavy atom. The number of hydrogen-bond donors (Lipinski definition) is 2. The van der Waals surface area contributed by atoms with Crippen molar-refractivity contribution in [2.75, 3.05) is 7.05 Å². The predicted octanol–water partition coefficient (Wildman–Crippen LogP) is 0.201. The molecule has 0 bridgehead atoms. The molecule has 1 unspecified atom stereocenters. The van der Waals surface area contributed by atoms with E-state index in [-0.39, 0.29) is 12.1 Å². The molecular weight excluding hydrogens is 168 g/mol. The monoisotopic (exact) mass is 182 g/mol. The highest BCUT2D eigenvalue weighted by atomic mass is 16.2. The van der Waals surface area contributed by atoms with Gasteiger partial charge >= 0.3 is 6.03 Å². The van der Waals surface area contributed by atoms with Gasteiger partial charge in [0, 0.05) is 25.5 Å². The fourth-order valence-electron chi connectivity index (χ4n) is 1.03. The van der Waals surface area contributed by atoms with Crippen molar-refractivity contribution in [1.29, 1.82) is 0 Å². The molecule has 0 saturated heterocycles. The van der Waals surface area contributed by atoms with E-state index in [2.05, 4.69) is 15.7 Å². The number of carbonyl (C=O) groups excluding carboxylic acids is 1. The van der Waals surface area contributed by atoms with E-state index in [1.165, 1.54) is 0 Å². The van der Waals surface area contributed by atoms with Gasteiger partial charge in [-0.15, -0.1) is 0 Å². The second-order valence-electron chi connectivity index (χ2n) is 2.85. The van der Waals surface area contributed by atoms with E-state index in [0.29, 0.717) is 6.54 Å². The normalized spacial score (nSPS) is 12.2. The lowest BCUT2D eigenvalue weighted by Gasteiger charge is -2.12. The summed E-state index contributed by atoms with van der Waals surface area (Å²) in [5.41, 5.74) is 0. The van der Waals surface area contributed by atoms with Crippen molar-refractivity contribution in [2.24, 2.45) is 0 Å². The molecule has 5 heteroatoms. The Morgan fingerprint density at radius 2 is 2.46 bits per heavy atom. The smallest absolute Gasteiger partial charge is 0.314 e. The van der Waals surface area contributed by atoms with Gasteiger partial charge in [-0.2, -0.15) is 5.10 Å². The summed E-state index contributed by atoms with van der Waals surface area (Å²) in [5.74, 6) is 0. The summed E-state index contributed by atoms with van der Waals surface area (Å²) in [4.78, 5) is 10.9. The van der Waals surface area contributed by atoms with E-state index >= 15 is 0 Å². The van der Waals surface area contributed by atoms with E-state index in [1.54, 1.807) is 17.9 Å². The highest BCUT2D eigenvalue weighted by molar-refractivity contribution is 5.73. The van der Waals surface area contributed by atoms with Gasteiger partial charge in [-0.25, -0.2) is 4.79 Å². The Morgan fingerprint density at radius 1 is 1.69 bits per heavy atom. The molecule has 0 radical (unpaired) electrons. The molecule has 0 aliphatic carbocycles. The van der Waals surface area contributed by atoms with E-state index in [0.717, 1.165) is 0 Å². The van der Waals surface area contributed by atoms with Crippen LogP contribution < -0.4 is 10.6 Å². The number of carbonyl (C=O) groups is 1. The summed E-state index contributed by atoms with van der Waals surface area (Å²) in [5, 5.41) is 9.29. The van der Waals surface area contributed by atoms with Crippen molar-refractivity contribution in [3.8, 4) is 0 Å². The van der Waals surface area contributed by atoms with Crippen molar-refractivity contribution in [3.05, 3.63) is 18.5 Å². The highest BCUT2D eigenvalue weighted by Crippen LogP contribution is 1.89. The maximum absolute atomic E-state index is 10.9. The Kier molecular flexibility index (Phi) is 3.31. The van der Waals surface area contributed by atoms with Crippen LogP contribution in [0, 0.1) is 0 Å². The Labute approximate surface area is 77.1 Å². The number of aromatic nitrogens is 2. The van der Waals surface area contributed by atoms with Crippen LogP contribution in [-0.4, -0.2) is 28.9 Å². The zero-order chi connectivity index (χ0) is 9.68. The summed E-state index contributed by atoms with van der Waals surface area (Å²) < 4.78 is 1.78. The number of amides is 2. The molecule has 1 atom stereocenters. The Hall–Kier alpha value is -1.52. The Bertz CT molecular complexity index is 257. The minimum Gasteiger partial charge on any atom is -0.341 e. The average Bonchev–Trinajstić information content (AvgIpc) is 2.56. The summed E-state index contributed by atoms with van der Waals surface area (Å²) in [6.07, 6.45) is 3.58. The third-order valence-corrected chi connectivity index (χ3v) is 1.62. The van der Waals surface area contributed by atoms with Crippen LogP contribution in [-0.2, 0) is 6.54 Å². The SMILES string of the molecule is CNC(=O)NC(C)Cn1cccn1. The van der Waals surface area contributed by atoms with Crippen LogP contribution in [0.2, 0.25) is 0 Å². The molecule has 5 nitrogen and oxygen atoms in total. The molecule has 0 aliphatic heterocycles. The molecule has 1 heterocycles. The van der Waals surface area contributed by atoms with Gasteiger partial charge in [0.05, 0.1) is 6.54 Å². The van der Waals surface area contributed by atoms with Crippen molar-refractivity contribution in [2.45, 2.75) is 19.5 Å². The van der Waals surface area contributed by atoms with Gasteiger partial charge < -0.3 is 10.6 Å². The average molecular weight is 182 g/mol. The van der Waals surface area contributed by atoms with E-state index < -0.39 is 0 Å². The second-order valence-corrected chi connectivity index (χ2v) is 2.85. The van der Waals surface area contributed by atoms with Gasteiger partial charge in [-0.3, -0.25) is 4.68 Å². The molecule has 1 aromatic rings. The van der Waals surface area contributed by atoms with Gasteiger partial charge in [-0.05, 0) is 13.0 Å². The highest BCUT2D eigenvalue weighted by Gasteiger charge is 2.05. The van der Waals surface area contributed by atoms with Crippen molar-refractivity contribution in [1.82, 2.24) is 20.4 Å². The number of nitrogens with one attached hydrogen (secondary N) is 2. The molecule has 2 amide bonds. The quantitative estimate of drug-likeness (QED) is 0.701. The lowest BCUT2D eigenvalue weighted by Crippen LogP contribution is -2.41. The standard InChI is InChI=1S/C8H14N4O/c1-7(11-8(13)9-2)6-12-5-3-4-10-12/h3-5,7H,6H2,1-2H3,(H2,9,11,13). The number of rotatable bonds is 3. The Balaban J connectivity index is 2.33. The maximum Gasteiger partial charge on any atom is 0.314 e. The van der Waals surface area contributed by atoms with Gasteiger partial charge in [0.2, 0.25) is 0 Å². The molecule has 0 saturated carbocycles. The van der Waals surface area contributed by atoms with Crippen LogP contribution in [0.25, 0.3) is 0 Å². The molecule has 2 N–H and O–H groups in total. The topological polar surface area (TPSA) is 59.0 Å². The molecule has 0 spiro atoms.